The molecule has 1 N–H and O–H groups in total. The highest BCUT2D eigenvalue weighted by atomic mass is 16.1. The minimum atomic E-state index is -0.318. The molecular formula is C16H21N3O. The number of hydrogen-bond donors (Lipinski definition) is 1. The van der Waals surface area contributed by atoms with E-state index in [0.717, 1.165) is 12.0 Å². The third-order valence-electron chi connectivity index (χ3n) is 2.98. The molecule has 0 heterocycles. The van der Waals surface area contributed by atoms with Gasteiger partial charge in [-0.2, -0.15) is 5.26 Å². The molecule has 0 saturated carbocycles. The summed E-state index contributed by atoms with van der Waals surface area (Å²) in [5.41, 5.74) is 1.26. The summed E-state index contributed by atoms with van der Waals surface area (Å²) in [5, 5.41) is 11.9. The van der Waals surface area contributed by atoms with Crippen molar-refractivity contribution in [1.29, 1.82) is 5.26 Å². The Balaban J connectivity index is 2.69. The predicted molar refractivity (Wildman–Crippen MR) is 79.5 cm³/mol. The maximum Gasteiger partial charge on any atom is 0.263 e. The first-order valence-electron chi connectivity index (χ1n) is 6.73. The Bertz CT molecular complexity index is 502. The Labute approximate surface area is 120 Å². The standard InChI is InChI=1S/C16H21N3O/c1-4-13(2)18-16(20)15(10-17)12-19(3)11-14-8-6-5-7-9-14/h5-9,12-13H,4,11H2,1-3H3,(H,18,20)/b15-12-. The highest BCUT2D eigenvalue weighted by Crippen LogP contribution is 2.05. The fourth-order valence-electron chi connectivity index (χ4n) is 1.68. The molecule has 0 aliphatic heterocycles. The number of benzene rings is 1. The normalized spacial score (nSPS) is 12.4. The van der Waals surface area contributed by atoms with Crippen molar-refractivity contribution in [2.45, 2.75) is 32.9 Å². The van der Waals surface area contributed by atoms with Crippen LogP contribution in [0, 0.1) is 11.3 Å². The molecule has 0 aliphatic rings. The van der Waals surface area contributed by atoms with E-state index in [4.69, 9.17) is 5.26 Å². The summed E-state index contributed by atoms with van der Waals surface area (Å²) in [6.45, 7) is 4.56. The molecule has 0 fully saturated rings. The van der Waals surface area contributed by atoms with Gasteiger partial charge in [0.1, 0.15) is 11.6 Å². The van der Waals surface area contributed by atoms with Crippen LogP contribution >= 0.6 is 0 Å². The molecule has 1 atom stereocenters. The first-order chi connectivity index (χ1) is 9.56. The summed E-state index contributed by atoms with van der Waals surface area (Å²) in [5.74, 6) is -0.318. The maximum absolute atomic E-state index is 11.9. The SMILES string of the molecule is CCC(C)NC(=O)/C(C#N)=C\N(C)Cc1ccccc1. The molecule has 4 nitrogen and oxygen atoms in total. The van der Waals surface area contributed by atoms with Crippen molar-refractivity contribution in [2.75, 3.05) is 7.05 Å². The number of carbonyl (C=O) groups excluding carboxylic acids is 1. The minimum absolute atomic E-state index is 0.0682. The number of rotatable bonds is 6. The highest BCUT2D eigenvalue weighted by molar-refractivity contribution is 5.97. The number of carbonyl (C=O) groups is 1. The van der Waals surface area contributed by atoms with Crippen molar-refractivity contribution in [3.05, 3.63) is 47.7 Å². The van der Waals surface area contributed by atoms with Crippen molar-refractivity contribution in [3.63, 3.8) is 0 Å². The number of amides is 1. The van der Waals surface area contributed by atoms with Gasteiger partial charge in [0.25, 0.3) is 5.91 Å². The summed E-state index contributed by atoms with van der Waals surface area (Å²) < 4.78 is 0. The quantitative estimate of drug-likeness (QED) is 0.638. The second kappa shape index (κ2) is 8.00. The van der Waals surface area contributed by atoms with Crippen LogP contribution in [-0.4, -0.2) is 23.9 Å². The molecule has 0 bridgehead atoms. The first-order valence-corrected chi connectivity index (χ1v) is 6.73. The summed E-state index contributed by atoms with van der Waals surface area (Å²) >= 11 is 0. The lowest BCUT2D eigenvalue weighted by Crippen LogP contribution is -2.33. The number of nitrogens with one attached hydrogen (secondary N) is 1. The van der Waals surface area contributed by atoms with Crippen molar-refractivity contribution in [3.8, 4) is 6.07 Å². The van der Waals surface area contributed by atoms with E-state index in [1.807, 2.05) is 62.2 Å². The highest BCUT2D eigenvalue weighted by Gasteiger charge is 2.12. The lowest BCUT2D eigenvalue weighted by molar-refractivity contribution is -0.117. The molecule has 0 spiro atoms. The molecule has 0 saturated heterocycles. The molecule has 106 valence electrons. The zero-order valence-corrected chi connectivity index (χ0v) is 12.3. The average molecular weight is 271 g/mol. The molecular weight excluding hydrogens is 250 g/mol. The van der Waals surface area contributed by atoms with Crippen LogP contribution in [0.25, 0.3) is 0 Å². The molecule has 1 amide bonds. The fraction of sp³-hybridized carbons (Fsp3) is 0.375. The van der Waals surface area contributed by atoms with Crippen LogP contribution in [0.5, 0.6) is 0 Å². The Morgan fingerprint density at radius 2 is 2.10 bits per heavy atom. The van der Waals surface area contributed by atoms with Crippen LogP contribution in [0.1, 0.15) is 25.8 Å². The number of nitrogens with zero attached hydrogens (tertiary/aromatic N) is 2. The van der Waals surface area contributed by atoms with Gasteiger partial charge in [0.15, 0.2) is 0 Å². The van der Waals surface area contributed by atoms with Crippen LogP contribution in [0.15, 0.2) is 42.1 Å². The molecule has 0 aromatic heterocycles. The predicted octanol–water partition coefficient (Wildman–Crippen LogP) is 2.44. The van der Waals surface area contributed by atoms with Gasteiger partial charge in [-0.3, -0.25) is 4.79 Å². The van der Waals surface area contributed by atoms with Crippen LogP contribution in [0.3, 0.4) is 0 Å². The minimum Gasteiger partial charge on any atom is -0.375 e. The van der Waals surface area contributed by atoms with E-state index in [1.54, 1.807) is 6.20 Å². The Morgan fingerprint density at radius 1 is 1.45 bits per heavy atom. The summed E-state index contributed by atoms with van der Waals surface area (Å²) in [4.78, 5) is 13.7. The molecule has 1 aromatic rings. The van der Waals surface area contributed by atoms with E-state index < -0.39 is 0 Å². The third-order valence-corrected chi connectivity index (χ3v) is 2.98. The van der Waals surface area contributed by atoms with E-state index in [0.29, 0.717) is 6.54 Å². The monoisotopic (exact) mass is 271 g/mol. The van der Waals surface area contributed by atoms with E-state index in [-0.39, 0.29) is 17.5 Å². The Hall–Kier alpha value is -2.28. The van der Waals surface area contributed by atoms with Crippen LogP contribution < -0.4 is 5.32 Å². The Morgan fingerprint density at radius 3 is 2.65 bits per heavy atom. The molecule has 1 unspecified atom stereocenters. The number of hydrogen-bond acceptors (Lipinski definition) is 3. The van der Waals surface area contributed by atoms with Gasteiger partial charge >= 0.3 is 0 Å². The second-order valence-electron chi connectivity index (χ2n) is 4.84. The van der Waals surface area contributed by atoms with Gasteiger partial charge in [0, 0.05) is 25.8 Å². The largest absolute Gasteiger partial charge is 0.375 e. The average Bonchev–Trinajstić information content (AvgIpc) is 2.45. The van der Waals surface area contributed by atoms with Crippen molar-refractivity contribution < 1.29 is 4.79 Å². The summed E-state index contributed by atoms with van der Waals surface area (Å²) in [6, 6.07) is 11.9. The summed E-state index contributed by atoms with van der Waals surface area (Å²) in [6.07, 6.45) is 2.43. The van der Waals surface area contributed by atoms with Gasteiger partial charge in [-0.25, -0.2) is 0 Å². The zero-order valence-electron chi connectivity index (χ0n) is 12.3. The first kappa shape index (κ1) is 15.8. The lowest BCUT2D eigenvalue weighted by Gasteiger charge is -2.16. The molecule has 0 aliphatic carbocycles. The maximum atomic E-state index is 11.9. The van der Waals surface area contributed by atoms with Gasteiger partial charge in [0.05, 0.1) is 0 Å². The van der Waals surface area contributed by atoms with E-state index in [1.165, 1.54) is 0 Å². The molecule has 20 heavy (non-hydrogen) atoms. The smallest absolute Gasteiger partial charge is 0.263 e. The van der Waals surface area contributed by atoms with Gasteiger partial charge in [-0.15, -0.1) is 0 Å². The van der Waals surface area contributed by atoms with Crippen LogP contribution in [0.4, 0.5) is 0 Å². The zero-order chi connectivity index (χ0) is 15.0. The van der Waals surface area contributed by atoms with Gasteiger partial charge in [0.2, 0.25) is 0 Å². The van der Waals surface area contributed by atoms with Gasteiger partial charge < -0.3 is 10.2 Å². The number of nitriles is 1. The van der Waals surface area contributed by atoms with Gasteiger partial charge in [-0.1, -0.05) is 37.3 Å². The van der Waals surface area contributed by atoms with E-state index in [2.05, 4.69) is 5.32 Å². The molecule has 1 aromatic carbocycles. The van der Waals surface area contributed by atoms with Gasteiger partial charge in [-0.05, 0) is 18.9 Å². The molecule has 0 radical (unpaired) electrons. The van der Waals surface area contributed by atoms with Crippen molar-refractivity contribution in [1.82, 2.24) is 10.2 Å². The van der Waals surface area contributed by atoms with Crippen molar-refractivity contribution in [2.24, 2.45) is 0 Å². The molecule has 1 rings (SSSR count). The second-order valence-corrected chi connectivity index (χ2v) is 4.84. The third kappa shape index (κ3) is 5.15. The van der Waals surface area contributed by atoms with Crippen LogP contribution in [-0.2, 0) is 11.3 Å². The van der Waals surface area contributed by atoms with E-state index >= 15 is 0 Å². The topological polar surface area (TPSA) is 56.1 Å². The lowest BCUT2D eigenvalue weighted by atomic mass is 10.2. The van der Waals surface area contributed by atoms with E-state index in [9.17, 15) is 4.79 Å². The summed E-state index contributed by atoms with van der Waals surface area (Å²) in [7, 11) is 1.85. The molecule has 4 heteroatoms. The fourth-order valence-corrected chi connectivity index (χ4v) is 1.68. The Kier molecular flexibility index (Phi) is 6.31. The van der Waals surface area contributed by atoms with Crippen LogP contribution in [0.2, 0.25) is 0 Å². The van der Waals surface area contributed by atoms with Crippen molar-refractivity contribution >= 4 is 5.91 Å².